The Morgan fingerprint density at radius 1 is 1.12 bits per heavy atom. The van der Waals surface area contributed by atoms with E-state index in [2.05, 4.69) is 49.8 Å². The van der Waals surface area contributed by atoms with E-state index in [-0.39, 0.29) is 0 Å². The lowest BCUT2D eigenvalue weighted by atomic mass is 10.0. The molecule has 2 aromatic rings. The second-order valence-corrected chi connectivity index (χ2v) is 4.90. The van der Waals surface area contributed by atoms with Gasteiger partial charge in [-0.3, -0.25) is 0 Å². The fourth-order valence-electron chi connectivity index (χ4n) is 2.72. The monoisotopic (exact) mass is 230 g/mol. The molecular weight excluding hydrogens is 208 g/mol. The van der Waals surface area contributed by atoms with Crippen molar-refractivity contribution in [1.29, 1.82) is 0 Å². The first kappa shape index (κ1) is 12.2. The van der Waals surface area contributed by atoms with Crippen molar-refractivity contribution in [1.82, 2.24) is 9.88 Å². The van der Waals surface area contributed by atoms with Gasteiger partial charge in [-0.05, 0) is 57.5 Å². The molecule has 1 aromatic heterocycles. The number of aryl methyl sites for hydroxylation is 3. The Hall–Kier alpha value is -1.28. The summed E-state index contributed by atoms with van der Waals surface area (Å²) in [6.07, 6.45) is 1.10. The molecule has 0 spiro atoms. The van der Waals surface area contributed by atoms with E-state index >= 15 is 0 Å². The van der Waals surface area contributed by atoms with Gasteiger partial charge in [-0.2, -0.15) is 0 Å². The number of hydrogen-bond donors (Lipinski definition) is 1. The van der Waals surface area contributed by atoms with Crippen LogP contribution in [-0.2, 0) is 13.5 Å². The summed E-state index contributed by atoms with van der Waals surface area (Å²) in [5, 5.41) is 4.70. The first-order chi connectivity index (χ1) is 8.07. The first-order valence-corrected chi connectivity index (χ1v) is 6.26. The van der Waals surface area contributed by atoms with E-state index in [1.165, 1.54) is 33.3 Å². The van der Waals surface area contributed by atoms with Gasteiger partial charge in [0.25, 0.3) is 0 Å². The summed E-state index contributed by atoms with van der Waals surface area (Å²) in [6.45, 7) is 7.67. The van der Waals surface area contributed by atoms with Crippen LogP contribution in [0.25, 0.3) is 10.9 Å². The molecule has 0 fully saturated rings. The van der Waals surface area contributed by atoms with Gasteiger partial charge in [0.1, 0.15) is 0 Å². The van der Waals surface area contributed by atoms with Gasteiger partial charge >= 0.3 is 0 Å². The van der Waals surface area contributed by atoms with Gasteiger partial charge in [-0.1, -0.05) is 12.1 Å². The van der Waals surface area contributed by atoms with Crippen molar-refractivity contribution < 1.29 is 0 Å². The van der Waals surface area contributed by atoms with Gasteiger partial charge in [-0.25, -0.2) is 0 Å². The van der Waals surface area contributed by atoms with Crippen LogP contribution in [0.4, 0.5) is 0 Å². The number of hydrogen-bond acceptors (Lipinski definition) is 1. The smallest absolute Gasteiger partial charge is 0.0515 e. The molecule has 1 aromatic carbocycles. The Morgan fingerprint density at radius 3 is 2.41 bits per heavy atom. The van der Waals surface area contributed by atoms with E-state index in [1.807, 2.05) is 7.05 Å². The number of aromatic nitrogens is 1. The van der Waals surface area contributed by atoms with Gasteiger partial charge in [-0.15, -0.1) is 0 Å². The molecule has 2 heteroatoms. The molecule has 2 nitrogen and oxygen atoms in total. The van der Waals surface area contributed by atoms with Crippen LogP contribution in [0.15, 0.2) is 12.1 Å². The summed E-state index contributed by atoms with van der Waals surface area (Å²) in [6, 6.07) is 4.46. The molecule has 2 rings (SSSR count). The second kappa shape index (κ2) is 4.53. The van der Waals surface area contributed by atoms with Crippen molar-refractivity contribution in [3.05, 3.63) is 34.5 Å². The van der Waals surface area contributed by atoms with Gasteiger partial charge in [0.2, 0.25) is 0 Å². The lowest BCUT2D eigenvalue weighted by Crippen LogP contribution is -2.11. The summed E-state index contributed by atoms with van der Waals surface area (Å²) in [4.78, 5) is 0. The van der Waals surface area contributed by atoms with E-state index in [1.54, 1.807) is 0 Å². The fraction of sp³-hybridized carbons (Fsp3) is 0.467. The number of fused-ring (bicyclic) bond motifs is 1. The third-order valence-electron chi connectivity index (χ3n) is 3.79. The highest BCUT2D eigenvalue weighted by molar-refractivity contribution is 5.91. The number of benzene rings is 1. The zero-order chi connectivity index (χ0) is 12.6. The third-order valence-corrected chi connectivity index (χ3v) is 3.79. The summed E-state index contributed by atoms with van der Waals surface area (Å²) in [7, 11) is 4.19. The number of nitrogens with one attached hydrogen (secondary N) is 1. The van der Waals surface area contributed by atoms with Crippen molar-refractivity contribution >= 4 is 10.9 Å². The molecule has 0 saturated carbocycles. The predicted octanol–water partition coefficient (Wildman–Crippen LogP) is 2.87. The average Bonchev–Trinajstić information content (AvgIpc) is 2.56. The van der Waals surface area contributed by atoms with E-state index in [4.69, 9.17) is 0 Å². The molecule has 0 unspecified atom stereocenters. The SMILES string of the molecule is CNCCc1c(C)n(C)c2c(C)ccc(C)c12. The van der Waals surface area contributed by atoms with Crippen molar-refractivity contribution in [2.45, 2.75) is 27.2 Å². The highest BCUT2D eigenvalue weighted by Gasteiger charge is 2.14. The molecule has 0 radical (unpaired) electrons. The van der Waals surface area contributed by atoms with Gasteiger partial charge in [0.15, 0.2) is 0 Å². The zero-order valence-electron chi connectivity index (χ0n) is 11.5. The minimum Gasteiger partial charge on any atom is -0.347 e. The standard InChI is InChI=1S/C15H22N2/c1-10-6-7-11(2)15-14(10)13(8-9-16-4)12(3)17(15)5/h6-7,16H,8-9H2,1-5H3. The van der Waals surface area contributed by atoms with Crippen LogP contribution in [-0.4, -0.2) is 18.2 Å². The minimum atomic E-state index is 1.04. The summed E-state index contributed by atoms with van der Waals surface area (Å²) < 4.78 is 2.34. The molecule has 0 amide bonds. The fourth-order valence-corrected chi connectivity index (χ4v) is 2.72. The van der Waals surface area contributed by atoms with Crippen LogP contribution >= 0.6 is 0 Å². The molecule has 1 N–H and O–H groups in total. The van der Waals surface area contributed by atoms with Crippen molar-refractivity contribution in [3.63, 3.8) is 0 Å². The Bertz CT molecular complexity index is 550. The summed E-state index contributed by atoms with van der Waals surface area (Å²) >= 11 is 0. The van der Waals surface area contributed by atoms with Crippen LogP contribution in [0.2, 0.25) is 0 Å². The van der Waals surface area contributed by atoms with E-state index in [9.17, 15) is 0 Å². The van der Waals surface area contributed by atoms with Crippen LogP contribution in [0.1, 0.15) is 22.4 Å². The maximum absolute atomic E-state index is 3.24. The summed E-state index contributed by atoms with van der Waals surface area (Å²) in [5.74, 6) is 0. The molecular formula is C15H22N2. The zero-order valence-corrected chi connectivity index (χ0v) is 11.5. The van der Waals surface area contributed by atoms with Gasteiger partial charge in [0.05, 0.1) is 5.52 Å². The predicted molar refractivity (Wildman–Crippen MR) is 74.8 cm³/mol. The molecule has 0 atom stereocenters. The molecule has 17 heavy (non-hydrogen) atoms. The number of nitrogens with zero attached hydrogens (tertiary/aromatic N) is 1. The minimum absolute atomic E-state index is 1.04. The molecule has 1 heterocycles. The Balaban J connectivity index is 2.74. The van der Waals surface area contributed by atoms with Gasteiger partial charge < -0.3 is 9.88 Å². The van der Waals surface area contributed by atoms with Crippen LogP contribution in [0.3, 0.4) is 0 Å². The number of likely N-dealkylation sites (N-methyl/N-ethyl adjacent to an activating group) is 1. The average molecular weight is 230 g/mol. The normalized spacial score (nSPS) is 11.4. The van der Waals surface area contributed by atoms with E-state index < -0.39 is 0 Å². The maximum Gasteiger partial charge on any atom is 0.0515 e. The first-order valence-electron chi connectivity index (χ1n) is 6.26. The number of rotatable bonds is 3. The van der Waals surface area contributed by atoms with Crippen LogP contribution in [0.5, 0.6) is 0 Å². The highest BCUT2D eigenvalue weighted by atomic mass is 14.9. The largest absolute Gasteiger partial charge is 0.347 e. The van der Waals surface area contributed by atoms with Crippen molar-refractivity contribution in [3.8, 4) is 0 Å². The molecule has 0 bridgehead atoms. The quantitative estimate of drug-likeness (QED) is 0.858. The van der Waals surface area contributed by atoms with E-state index in [0.717, 1.165) is 13.0 Å². The molecule has 0 aliphatic heterocycles. The Labute approximate surface area is 104 Å². The molecule has 0 aliphatic rings. The molecule has 0 saturated heterocycles. The highest BCUT2D eigenvalue weighted by Crippen LogP contribution is 2.30. The maximum atomic E-state index is 3.24. The van der Waals surface area contributed by atoms with Crippen LogP contribution in [0, 0.1) is 20.8 Å². The Kier molecular flexibility index (Phi) is 3.25. The Morgan fingerprint density at radius 2 is 1.76 bits per heavy atom. The topological polar surface area (TPSA) is 17.0 Å². The molecule has 92 valence electrons. The lowest BCUT2D eigenvalue weighted by molar-refractivity contribution is 0.783. The van der Waals surface area contributed by atoms with Crippen LogP contribution < -0.4 is 5.32 Å². The van der Waals surface area contributed by atoms with Crippen molar-refractivity contribution in [2.24, 2.45) is 7.05 Å². The molecule has 0 aliphatic carbocycles. The van der Waals surface area contributed by atoms with E-state index in [0.29, 0.717) is 0 Å². The third kappa shape index (κ3) is 1.87. The second-order valence-electron chi connectivity index (χ2n) is 4.90. The summed E-state index contributed by atoms with van der Waals surface area (Å²) in [5.41, 5.74) is 7.05. The van der Waals surface area contributed by atoms with Gasteiger partial charge in [0, 0.05) is 18.1 Å². The lowest BCUT2D eigenvalue weighted by Gasteiger charge is -2.04. The van der Waals surface area contributed by atoms with Crippen molar-refractivity contribution in [2.75, 3.05) is 13.6 Å².